The molecule has 4 heteroatoms. The predicted octanol–water partition coefficient (Wildman–Crippen LogP) is 3.84. The van der Waals surface area contributed by atoms with Gasteiger partial charge in [0.1, 0.15) is 0 Å². The number of hydrogen-bond acceptors (Lipinski definition) is 2. The smallest absolute Gasteiger partial charge is 0.173 e. The Labute approximate surface area is 133 Å². The van der Waals surface area contributed by atoms with E-state index in [0.717, 1.165) is 30.3 Å². The molecule has 1 heterocycles. The van der Waals surface area contributed by atoms with Gasteiger partial charge in [-0.3, -0.25) is 0 Å². The largest absolute Gasteiger partial charge is 0.372 e. The lowest BCUT2D eigenvalue weighted by Crippen LogP contribution is -2.49. The van der Waals surface area contributed by atoms with E-state index < -0.39 is 0 Å². The lowest BCUT2D eigenvalue weighted by atomic mass is 10.1. The highest BCUT2D eigenvalue weighted by Gasteiger charge is 2.23. The van der Waals surface area contributed by atoms with Crippen molar-refractivity contribution < 1.29 is 4.74 Å². The van der Waals surface area contributed by atoms with Gasteiger partial charge in [-0.05, 0) is 56.6 Å². The summed E-state index contributed by atoms with van der Waals surface area (Å²) < 4.78 is 5.74. The van der Waals surface area contributed by atoms with Gasteiger partial charge in [-0.25, -0.2) is 0 Å². The van der Waals surface area contributed by atoms with E-state index in [9.17, 15) is 0 Å². The lowest BCUT2D eigenvalue weighted by molar-refractivity contribution is -0.0473. The van der Waals surface area contributed by atoms with E-state index in [2.05, 4.69) is 55.3 Å². The monoisotopic (exact) mass is 306 g/mol. The highest BCUT2D eigenvalue weighted by Crippen LogP contribution is 2.15. The Kier molecular flexibility index (Phi) is 6.00. The van der Waals surface area contributed by atoms with E-state index >= 15 is 0 Å². The minimum atomic E-state index is 0.227. The minimum absolute atomic E-state index is 0.227. The van der Waals surface area contributed by atoms with Gasteiger partial charge in [0.25, 0.3) is 0 Å². The van der Waals surface area contributed by atoms with Gasteiger partial charge >= 0.3 is 0 Å². The molecule has 1 aromatic carbocycles. The zero-order valence-corrected chi connectivity index (χ0v) is 14.1. The fourth-order valence-corrected chi connectivity index (χ4v) is 2.95. The van der Waals surface area contributed by atoms with Crippen molar-refractivity contribution in [3.8, 4) is 0 Å². The molecule has 0 radical (unpaired) electrons. The first-order valence-electron chi connectivity index (χ1n) is 7.88. The summed E-state index contributed by atoms with van der Waals surface area (Å²) in [5.74, 6) is 0. The van der Waals surface area contributed by atoms with E-state index in [4.69, 9.17) is 17.0 Å². The quantitative estimate of drug-likeness (QED) is 0.854. The van der Waals surface area contributed by atoms with Crippen LogP contribution in [-0.4, -0.2) is 35.3 Å². The average molecular weight is 306 g/mol. The molecule has 116 valence electrons. The van der Waals surface area contributed by atoms with Crippen molar-refractivity contribution in [2.75, 3.05) is 18.4 Å². The van der Waals surface area contributed by atoms with Crippen molar-refractivity contribution in [3.05, 3.63) is 29.8 Å². The molecule has 0 bridgehead atoms. The van der Waals surface area contributed by atoms with Crippen LogP contribution < -0.4 is 5.32 Å². The molecule has 0 spiro atoms. The molecule has 2 atom stereocenters. The minimum Gasteiger partial charge on any atom is -0.372 e. The number of anilines is 1. The first-order valence-corrected chi connectivity index (χ1v) is 8.29. The fraction of sp³-hybridized carbons (Fsp3) is 0.588. The third kappa shape index (κ3) is 4.97. The molecule has 1 aliphatic heterocycles. The number of nitrogens with one attached hydrogen (secondary N) is 1. The Morgan fingerprint density at radius 2 is 1.86 bits per heavy atom. The van der Waals surface area contributed by atoms with Crippen molar-refractivity contribution >= 4 is 23.0 Å². The van der Waals surface area contributed by atoms with Crippen LogP contribution in [0.1, 0.15) is 39.2 Å². The molecule has 0 amide bonds. The Morgan fingerprint density at radius 3 is 2.43 bits per heavy atom. The summed E-state index contributed by atoms with van der Waals surface area (Å²) in [5.41, 5.74) is 2.45. The van der Waals surface area contributed by atoms with Crippen LogP contribution in [0.4, 0.5) is 5.69 Å². The zero-order chi connectivity index (χ0) is 15.2. The number of nitrogens with zero attached hydrogens (tertiary/aromatic N) is 1. The number of unbranched alkanes of at least 4 members (excludes halogenated alkanes) is 1. The second-order valence-corrected chi connectivity index (χ2v) is 6.28. The molecule has 0 saturated carbocycles. The molecule has 1 N–H and O–H groups in total. The Balaban J connectivity index is 1.90. The zero-order valence-electron chi connectivity index (χ0n) is 13.3. The number of hydrogen-bond donors (Lipinski definition) is 1. The van der Waals surface area contributed by atoms with Crippen molar-refractivity contribution in [1.82, 2.24) is 4.90 Å². The van der Waals surface area contributed by atoms with Gasteiger partial charge < -0.3 is 15.0 Å². The number of rotatable bonds is 4. The summed E-state index contributed by atoms with van der Waals surface area (Å²) in [6.07, 6.45) is 4.08. The SMILES string of the molecule is CCCCc1ccc(NC(=S)N2C[C@@H](C)O[C@@H](C)C2)cc1. The molecule has 0 unspecified atom stereocenters. The standard InChI is InChI=1S/C17H26N2OS/c1-4-5-6-15-7-9-16(10-8-15)18-17(21)19-11-13(2)20-14(3)12-19/h7-10,13-14H,4-6,11-12H2,1-3H3,(H,18,21)/t13-,14+. The maximum atomic E-state index is 5.74. The van der Waals surface area contributed by atoms with Crippen molar-refractivity contribution in [3.63, 3.8) is 0 Å². The molecule has 1 fully saturated rings. The first kappa shape index (κ1) is 16.2. The fourth-order valence-electron chi connectivity index (χ4n) is 2.68. The highest BCUT2D eigenvalue weighted by molar-refractivity contribution is 7.80. The summed E-state index contributed by atoms with van der Waals surface area (Å²) in [7, 11) is 0. The molecule has 2 rings (SSSR count). The number of thiocarbonyl (C=S) groups is 1. The van der Waals surface area contributed by atoms with Crippen LogP contribution in [0.15, 0.2) is 24.3 Å². The van der Waals surface area contributed by atoms with Crippen LogP contribution >= 0.6 is 12.2 Å². The lowest BCUT2D eigenvalue weighted by Gasteiger charge is -2.36. The van der Waals surface area contributed by atoms with Crippen LogP contribution in [-0.2, 0) is 11.2 Å². The van der Waals surface area contributed by atoms with Crippen LogP contribution in [0, 0.1) is 0 Å². The third-order valence-electron chi connectivity index (χ3n) is 3.73. The van der Waals surface area contributed by atoms with Crippen molar-refractivity contribution in [2.45, 2.75) is 52.2 Å². The van der Waals surface area contributed by atoms with Gasteiger partial charge in [0.2, 0.25) is 0 Å². The predicted molar refractivity (Wildman–Crippen MR) is 92.9 cm³/mol. The maximum Gasteiger partial charge on any atom is 0.173 e. The molecule has 0 aromatic heterocycles. The van der Waals surface area contributed by atoms with Gasteiger partial charge in [-0.15, -0.1) is 0 Å². The van der Waals surface area contributed by atoms with Gasteiger partial charge in [-0.2, -0.15) is 0 Å². The number of benzene rings is 1. The van der Waals surface area contributed by atoms with Crippen molar-refractivity contribution in [2.24, 2.45) is 0 Å². The average Bonchev–Trinajstić information content (AvgIpc) is 2.45. The van der Waals surface area contributed by atoms with Crippen LogP contribution in [0.5, 0.6) is 0 Å². The molecule has 1 aromatic rings. The van der Waals surface area contributed by atoms with Crippen LogP contribution in [0.25, 0.3) is 0 Å². The topological polar surface area (TPSA) is 24.5 Å². The summed E-state index contributed by atoms with van der Waals surface area (Å²) in [6.45, 7) is 8.11. The highest BCUT2D eigenvalue weighted by atomic mass is 32.1. The Morgan fingerprint density at radius 1 is 1.24 bits per heavy atom. The normalized spacial score (nSPS) is 22.1. The molecule has 1 aliphatic rings. The second kappa shape index (κ2) is 7.76. The molecule has 3 nitrogen and oxygen atoms in total. The third-order valence-corrected chi connectivity index (χ3v) is 4.09. The van der Waals surface area contributed by atoms with Crippen LogP contribution in [0.3, 0.4) is 0 Å². The summed E-state index contributed by atoms with van der Waals surface area (Å²) in [4.78, 5) is 2.19. The van der Waals surface area contributed by atoms with Crippen molar-refractivity contribution in [1.29, 1.82) is 0 Å². The number of ether oxygens (including phenoxy) is 1. The van der Waals surface area contributed by atoms with Gasteiger partial charge in [0, 0.05) is 18.8 Å². The van der Waals surface area contributed by atoms with Crippen LogP contribution in [0.2, 0.25) is 0 Å². The maximum absolute atomic E-state index is 5.74. The van der Waals surface area contributed by atoms with Gasteiger partial charge in [-0.1, -0.05) is 25.5 Å². The Hall–Kier alpha value is -1.13. The molecular weight excluding hydrogens is 280 g/mol. The Bertz CT molecular complexity index is 450. The summed E-state index contributed by atoms with van der Waals surface area (Å²) >= 11 is 5.52. The van der Waals surface area contributed by atoms with E-state index in [0.29, 0.717) is 0 Å². The summed E-state index contributed by atoms with van der Waals surface area (Å²) in [6, 6.07) is 8.60. The van der Waals surface area contributed by atoms with Gasteiger partial charge in [0.15, 0.2) is 5.11 Å². The number of aryl methyl sites for hydroxylation is 1. The molecule has 0 aliphatic carbocycles. The van der Waals surface area contributed by atoms with E-state index in [1.165, 1.54) is 18.4 Å². The summed E-state index contributed by atoms with van der Waals surface area (Å²) in [5, 5.41) is 4.13. The second-order valence-electron chi connectivity index (χ2n) is 5.89. The molecule has 1 saturated heterocycles. The van der Waals surface area contributed by atoms with E-state index in [1.807, 2.05) is 0 Å². The van der Waals surface area contributed by atoms with Gasteiger partial charge in [0.05, 0.1) is 12.2 Å². The molecule has 21 heavy (non-hydrogen) atoms. The first-order chi connectivity index (χ1) is 10.1. The van der Waals surface area contributed by atoms with E-state index in [-0.39, 0.29) is 12.2 Å². The molecular formula is C17H26N2OS. The van der Waals surface area contributed by atoms with E-state index in [1.54, 1.807) is 0 Å². The number of morpholine rings is 1.